The van der Waals surface area contributed by atoms with Gasteiger partial charge in [-0.3, -0.25) is 14.5 Å². The predicted octanol–water partition coefficient (Wildman–Crippen LogP) is 4.14. The standard InChI is InChI=1S/C17H15N5O4/c1-3-26-17(23)15-16(21-11(2)6-4-9-14(21)18-15)20-19-12-7-5-8-13(10-12)22(24)25/h4-10H,3H2,1-2H3. The van der Waals surface area contributed by atoms with Crippen molar-refractivity contribution in [1.82, 2.24) is 9.38 Å². The van der Waals surface area contributed by atoms with Crippen molar-refractivity contribution in [2.75, 3.05) is 6.61 Å². The van der Waals surface area contributed by atoms with E-state index in [9.17, 15) is 14.9 Å². The lowest BCUT2D eigenvalue weighted by Gasteiger charge is -2.02. The highest BCUT2D eigenvalue weighted by molar-refractivity contribution is 5.93. The maximum absolute atomic E-state index is 12.2. The Bertz CT molecular complexity index is 1030. The van der Waals surface area contributed by atoms with Gasteiger partial charge in [-0.15, -0.1) is 10.2 Å². The highest BCUT2D eigenvalue weighted by Gasteiger charge is 2.21. The van der Waals surface area contributed by atoms with Crippen LogP contribution in [-0.4, -0.2) is 26.9 Å². The van der Waals surface area contributed by atoms with Crippen LogP contribution in [0.3, 0.4) is 0 Å². The van der Waals surface area contributed by atoms with Gasteiger partial charge in [0.25, 0.3) is 5.69 Å². The Kier molecular flexibility index (Phi) is 4.70. The van der Waals surface area contributed by atoms with Gasteiger partial charge in [-0.1, -0.05) is 12.1 Å². The Morgan fingerprint density at radius 2 is 2.04 bits per heavy atom. The van der Waals surface area contributed by atoms with E-state index >= 15 is 0 Å². The summed E-state index contributed by atoms with van der Waals surface area (Å²) in [6, 6.07) is 11.1. The number of rotatable bonds is 5. The van der Waals surface area contributed by atoms with Crippen LogP contribution in [0, 0.1) is 17.0 Å². The average molecular weight is 353 g/mol. The molecule has 0 radical (unpaired) electrons. The SMILES string of the molecule is CCOC(=O)c1nc2cccc(C)n2c1N=Nc1cccc([N+](=O)[O-])c1. The van der Waals surface area contributed by atoms with E-state index in [4.69, 9.17) is 4.74 Å². The van der Waals surface area contributed by atoms with E-state index in [1.54, 1.807) is 23.5 Å². The molecule has 9 nitrogen and oxygen atoms in total. The zero-order valence-electron chi connectivity index (χ0n) is 14.1. The van der Waals surface area contributed by atoms with Crippen molar-refractivity contribution in [1.29, 1.82) is 0 Å². The van der Waals surface area contributed by atoms with Gasteiger partial charge in [-0.05, 0) is 32.0 Å². The van der Waals surface area contributed by atoms with Crippen molar-refractivity contribution >= 4 is 28.8 Å². The summed E-state index contributed by atoms with van der Waals surface area (Å²) < 4.78 is 6.71. The predicted molar refractivity (Wildman–Crippen MR) is 93.2 cm³/mol. The Labute approximate surface area is 148 Å². The number of azo groups is 1. The monoisotopic (exact) mass is 353 g/mol. The second-order valence-electron chi connectivity index (χ2n) is 5.34. The van der Waals surface area contributed by atoms with Gasteiger partial charge in [-0.2, -0.15) is 0 Å². The molecule has 0 bridgehead atoms. The summed E-state index contributed by atoms with van der Waals surface area (Å²) in [4.78, 5) is 26.9. The van der Waals surface area contributed by atoms with Gasteiger partial charge in [-0.25, -0.2) is 9.78 Å². The number of pyridine rings is 1. The molecule has 0 fully saturated rings. The van der Waals surface area contributed by atoms with E-state index in [1.807, 2.05) is 19.1 Å². The molecule has 3 rings (SSSR count). The van der Waals surface area contributed by atoms with Gasteiger partial charge in [0, 0.05) is 17.8 Å². The fourth-order valence-corrected chi connectivity index (χ4v) is 2.44. The highest BCUT2D eigenvalue weighted by Crippen LogP contribution is 2.27. The number of non-ortho nitro benzene ring substituents is 1. The van der Waals surface area contributed by atoms with E-state index in [2.05, 4.69) is 15.2 Å². The average Bonchev–Trinajstić information content (AvgIpc) is 3.00. The first-order valence-electron chi connectivity index (χ1n) is 7.82. The number of nitro groups is 1. The van der Waals surface area contributed by atoms with Gasteiger partial charge in [0.1, 0.15) is 5.65 Å². The zero-order valence-corrected chi connectivity index (χ0v) is 14.1. The molecule has 0 spiro atoms. The van der Waals surface area contributed by atoms with Crippen LogP contribution in [-0.2, 0) is 4.74 Å². The van der Waals surface area contributed by atoms with Crippen molar-refractivity contribution in [2.24, 2.45) is 10.2 Å². The van der Waals surface area contributed by atoms with Gasteiger partial charge in [0.2, 0.25) is 0 Å². The van der Waals surface area contributed by atoms with Gasteiger partial charge >= 0.3 is 5.97 Å². The molecule has 0 atom stereocenters. The molecule has 0 saturated heterocycles. The number of esters is 1. The third-order valence-electron chi connectivity index (χ3n) is 3.58. The second-order valence-corrected chi connectivity index (χ2v) is 5.34. The number of aryl methyl sites for hydroxylation is 1. The minimum Gasteiger partial charge on any atom is -0.461 e. The first-order chi connectivity index (χ1) is 12.5. The van der Waals surface area contributed by atoms with Gasteiger partial charge < -0.3 is 4.74 Å². The summed E-state index contributed by atoms with van der Waals surface area (Å²) in [6.07, 6.45) is 0. The number of imidazole rings is 1. The molecule has 0 aliphatic rings. The van der Waals surface area contributed by atoms with Gasteiger partial charge in [0.05, 0.1) is 17.2 Å². The van der Waals surface area contributed by atoms with Crippen LogP contribution in [0.25, 0.3) is 5.65 Å². The zero-order chi connectivity index (χ0) is 18.7. The molecule has 0 N–H and O–H groups in total. The fourth-order valence-electron chi connectivity index (χ4n) is 2.44. The quantitative estimate of drug-likeness (QED) is 0.296. The summed E-state index contributed by atoms with van der Waals surface area (Å²) in [7, 11) is 0. The van der Waals surface area contributed by atoms with Crippen molar-refractivity contribution < 1.29 is 14.5 Å². The molecule has 0 amide bonds. The summed E-state index contributed by atoms with van der Waals surface area (Å²) in [6.45, 7) is 3.74. The largest absolute Gasteiger partial charge is 0.461 e. The van der Waals surface area contributed by atoms with Crippen LogP contribution in [0.5, 0.6) is 0 Å². The third kappa shape index (κ3) is 3.27. The van der Waals surface area contributed by atoms with Crippen LogP contribution in [0.4, 0.5) is 17.2 Å². The van der Waals surface area contributed by atoms with Crippen molar-refractivity contribution in [3.63, 3.8) is 0 Å². The summed E-state index contributed by atoms with van der Waals surface area (Å²) >= 11 is 0. The topological polar surface area (TPSA) is 111 Å². The number of nitrogens with zero attached hydrogens (tertiary/aromatic N) is 5. The molecule has 132 valence electrons. The molecule has 26 heavy (non-hydrogen) atoms. The lowest BCUT2D eigenvalue weighted by atomic mass is 10.3. The maximum Gasteiger partial charge on any atom is 0.360 e. The van der Waals surface area contributed by atoms with E-state index in [0.717, 1.165) is 5.69 Å². The van der Waals surface area contributed by atoms with E-state index < -0.39 is 10.9 Å². The molecular weight excluding hydrogens is 338 g/mol. The summed E-state index contributed by atoms with van der Waals surface area (Å²) in [5.74, 6) is -0.397. The number of fused-ring (bicyclic) bond motifs is 1. The van der Waals surface area contributed by atoms with Crippen molar-refractivity contribution in [2.45, 2.75) is 13.8 Å². The second kappa shape index (κ2) is 7.09. The van der Waals surface area contributed by atoms with Crippen molar-refractivity contribution in [3.8, 4) is 0 Å². The minimum absolute atomic E-state index is 0.0373. The number of carbonyl (C=O) groups is 1. The number of ether oxygens (including phenoxy) is 1. The normalized spacial score (nSPS) is 11.2. The number of nitro benzene ring substituents is 1. The number of hydrogen-bond acceptors (Lipinski definition) is 7. The van der Waals surface area contributed by atoms with E-state index in [-0.39, 0.29) is 29.5 Å². The maximum atomic E-state index is 12.2. The van der Waals surface area contributed by atoms with Crippen LogP contribution < -0.4 is 0 Å². The number of carbonyl (C=O) groups excluding carboxylic acids is 1. The number of benzene rings is 1. The third-order valence-corrected chi connectivity index (χ3v) is 3.58. The summed E-state index contributed by atoms with van der Waals surface area (Å²) in [5.41, 5.74) is 1.56. The molecule has 0 unspecified atom stereocenters. The first-order valence-corrected chi connectivity index (χ1v) is 7.82. The van der Waals surface area contributed by atoms with E-state index in [1.165, 1.54) is 18.2 Å². The fraction of sp³-hybridized carbons (Fsp3) is 0.176. The van der Waals surface area contributed by atoms with Crippen LogP contribution in [0.15, 0.2) is 52.7 Å². The molecule has 1 aromatic carbocycles. The van der Waals surface area contributed by atoms with Crippen molar-refractivity contribution in [3.05, 3.63) is 64.0 Å². The van der Waals surface area contributed by atoms with Crippen LogP contribution in [0.2, 0.25) is 0 Å². The highest BCUT2D eigenvalue weighted by atomic mass is 16.6. The lowest BCUT2D eigenvalue weighted by Crippen LogP contribution is -2.05. The molecular formula is C17H15N5O4. The Hall–Kier alpha value is -3.62. The Morgan fingerprint density at radius 1 is 1.27 bits per heavy atom. The van der Waals surface area contributed by atoms with Crippen LogP contribution in [0.1, 0.15) is 23.1 Å². The number of aromatic nitrogens is 2. The minimum atomic E-state index is -0.608. The smallest absolute Gasteiger partial charge is 0.360 e. The first kappa shape index (κ1) is 17.2. The molecule has 0 aliphatic heterocycles. The summed E-state index contributed by atoms with van der Waals surface area (Å²) in [5, 5.41) is 19.0. The Balaban J connectivity index is 2.11. The molecule has 2 aromatic heterocycles. The molecule has 0 aliphatic carbocycles. The lowest BCUT2D eigenvalue weighted by molar-refractivity contribution is -0.384. The van der Waals surface area contributed by atoms with Crippen LogP contribution >= 0.6 is 0 Å². The van der Waals surface area contributed by atoms with E-state index in [0.29, 0.717) is 5.65 Å². The number of hydrogen-bond donors (Lipinski definition) is 0. The molecule has 9 heteroatoms. The molecule has 0 saturated carbocycles. The molecule has 3 aromatic rings. The van der Waals surface area contributed by atoms with Gasteiger partial charge in [0.15, 0.2) is 11.5 Å². The Morgan fingerprint density at radius 3 is 2.77 bits per heavy atom. The molecule has 2 heterocycles.